The zero-order valence-electron chi connectivity index (χ0n) is 15.0. The van der Waals surface area contributed by atoms with Crippen molar-refractivity contribution >= 4 is 38.4 Å². The lowest BCUT2D eigenvalue weighted by Gasteiger charge is -2.10. The molecule has 5 nitrogen and oxygen atoms in total. The quantitative estimate of drug-likeness (QED) is 0.509. The molecule has 4 aromatic rings. The highest BCUT2D eigenvalue weighted by molar-refractivity contribution is 9.10. The Morgan fingerprint density at radius 3 is 2.32 bits per heavy atom. The first-order valence-electron chi connectivity index (χ1n) is 8.88. The molecule has 0 atom stereocenters. The fraction of sp³-hybridized carbons (Fsp3) is 0.0909. The van der Waals surface area contributed by atoms with E-state index in [4.69, 9.17) is 0 Å². The van der Waals surface area contributed by atoms with Gasteiger partial charge in [-0.05, 0) is 45.8 Å². The molecule has 2 aromatic carbocycles. The van der Waals surface area contributed by atoms with Crippen LogP contribution in [0, 0.1) is 0 Å². The van der Waals surface area contributed by atoms with E-state index in [0.29, 0.717) is 17.7 Å². The first-order chi connectivity index (χ1) is 13.6. The Labute approximate surface area is 170 Å². The third-order valence-electron chi connectivity index (χ3n) is 4.55. The summed E-state index contributed by atoms with van der Waals surface area (Å²) >= 11 is 3.41. The number of amides is 1. The average molecular weight is 436 g/mol. The van der Waals surface area contributed by atoms with Crippen LogP contribution >= 0.6 is 15.9 Å². The van der Waals surface area contributed by atoms with Gasteiger partial charge in [-0.1, -0.05) is 42.5 Å². The minimum Gasteiger partial charge on any atom is -0.339 e. The van der Waals surface area contributed by atoms with Crippen molar-refractivity contribution in [3.8, 4) is 0 Å². The van der Waals surface area contributed by atoms with Gasteiger partial charge < -0.3 is 14.5 Å². The van der Waals surface area contributed by atoms with Gasteiger partial charge in [0.15, 0.2) is 0 Å². The molecule has 0 saturated carbocycles. The fourth-order valence-electron chi connectivity index (χ4n) is 3.19. The molecule has 0 unspecified atom stereocenters. The predicted molar refractivity (Wildman–Crippen MR) is 115 cm³/mol. The summed E-state index contributed by atoms with van der Waals surface area (Å²) in [4.78, 5) is 25.4. The minimum absolute atomic E-state index is 0.0490. The van der Waals surface area contributed by atoms with E-state index in [9.17, 15) is 9.59 Å². The van der Waals surface area contributed by atoms with Crippen molar-refractivity contribution in [3.63, 3.8) is 0 Å². The summed E-state index contributed by atoms with van der Waals surface area (Å²) in [6, 6.07) is 21.1. The second-order valence-corrected chi connectivity index (χ2v) is 7.36. The van der Waals surface area contributed by atoms with Gasteiger partial charge in [-0.2, -0.15) is 0 Å². The van der Waals surface area contributed by atoms with Crippen molar-refractivity contribution in [3.05, 3.63) is 99.5 Å². The van der Waals surface area contributed by atoms with Gasteiger partial charge in [0.2, 0.25) is 5.91 Å². The molecule has 0 bridgehead atoms. The maximum atomic E-state index is 13.0. The van der Waals surface area contributed by atoms with Crippen molar-refractivity contribution in [2.75, 3.05) is 5.32 Å². The maximum absolute atomic E-state index is 13.0. The highest BCUT2D eigenvalue weighted by atomic mass is 79.9. The molecule has 6 heteroatoms. The van der Waals surface area contributed by atoms with E-state index in [1.807, 2.05) is 71.4 Å². The molecule has 2 aromatic heterocycles. The molecule has 2 heterocycles. The van der Waals surface area contributed by atoms with Crippen molar-refractivity contribution in [1.29, 1.82) is 0 Å². The third-order valence-corrected chi connectivity index (χ3v) is 5.24. The van der Waals surface area contributed by atoms with Crippen LogP contribution in [-0.4, -0.2) is 15.0 Å². The van der Waals surface area contributed by atoms with Crippen LogP contribution in [0.4, 0.5) is 5.69 Å². The van der Waals surface area contributed by atoms with Crippen LogP contribution in [0.25, 0.3) is 10.9 Å². The Bertz CT molecular complexity index is 1200. The maximum Gasteiger partial charge on any atom is 0.275 e. The van der Waals surface area contributed by atoms with Gasteiger partial charge in [0.25, 0.3) is 5.56 Å². The van der Waals surface area contributed by atoms with E-state index in [0.717, 1.165) is 15.4 Å². The number of benzene rings is 2. The predicted octanol–water partition coefficient (Wildman–Crippen LogP) is 4.25. The summed E-state index contributed by atoms with van der Waals surface area (Å²) in [6.07, 6.45) is 3.57. The number of aromatic nitrogens is 2. The van der Waals surface area contributed by atoms with Crippen LogP contribution < -0.4 is 10.9 Å². The van der Waals surface area contributed by atoms with E-state index in [2.05, 4.69) is 21.2 Å². The number of hydrogen-bond donors (Lipinski definition) is 1. The summed E-state index contributed by atoms with van der Waals surface area (Å²) in [6.45, 7) is 0.555. The number of halogens is 1. The number of carbonyl (C=O) groups is 1. The zero-order valence-corrected chi connectivity index (χ0v) is 16.6. The number of pyridine rings is 1. The Hall–Kier alpha value is -3.12. The Kier molecular flexibility index (Phi) is 5.12. The van der Waals surface area contributed by atoms with Crippen LogP contribution in [0.3, 0.4) is 0 Å². The Balaban J connectivity index is 1.60. The van der Waals surface area contributed by atoms with Crippen LogP contribution in [0.5, 0.6) is 0 Å². The standard InChI is InChI=1S/C22H18BrN3O2/c23-18-8-4-5-9-19(18)24-20(27)15-26-13-11-17-10-12-25(21(17)22(26)28)14-16-6-2-1-3-7-16/h1-13H,14-15H2,(H,24,27). The lowest BCUT2D eigenvalue weighted by molar-refractivity contribution is -0.116. The number of nitrogens with one attached hydrogen (secondary N) is 1. The first kappa shape index (κ1) is 18.3. The molecule has 140 valence electrons. The third kappa shape index (κ3) is 3.77. The monoisotopic (exact) mass is 435 g/mol. The number of rotatable bonds is 5. The van der Waals surface area contributed by atoms with E-state index in [-0.39, 0.29) is 18.0 Å². The average Bonchev–Trinajstić information content (AvgIpc) is 3.10. The Morgan fingerprint density at radius 2 is 1.57 bits per heavy atom. The van der Waals surface area contributed by atoms with Crippen molar-refractivity contribution in [2.45, 2.75) is 13.1 Å². The second-order valence-electron chi connectivity index (χ2n) is 6.51. The van der Waals surface area contributed by atoms with Crippen LogP contribution in [-0.2, 0) is 17.9 Å². The molecular formula is C22H18BrN3O2. The van der Waals surface area contributed by atoms with Gasteiger partial charge in [-0.3, -0.25) is 9.59 Å². The van der Waals surface area contributed by atoms with Gasteiger partial charge >= 0.3 is 0 Å². The van der Waals surface area contributed by atoms with E-state index in [1.165, 1.54) is 4.57 Å². The van der Waals surface area contributed by atoms with E-state index in [1.54, 1.807) is 12.3 Å². The zero-order chi connectivity index (χ0) is 19.5. The summed E-state index contributed by atoms with van der Waals surface area (Å²) in [5.41, 5.74) is 2.20. The molecule has 0 aliphatic rings. The molecule has 0 spiro atoms. The minimum atomic E-state index is -0.255. The van der Waals surface area contributed by atoms with E-state index < -0.39 is 0 Å². The highest BCUT2D eigenvalue weighted by Crippen LogP contribution is 2.21. The molecular weight excluding hydrogens is 418 g/mol. The summed E-state index contributed by atoms with van der Waals surface area (Å²) in [7, 11) is 0. The number of carbonyl (C=O) groups excluding carboxylic acids is 1. The lowest BCUT2D eigenvalue weighted by Crippen LogP contribution is -2.28. The highest BCUT2D eigenvalue weighted by Gasteiger charge is 2.12. The topological polar surface area (TPSA) is 56.0 Å². The van der Waals surface area contributed by atoms with Crippen molar-refractivity contribution in [1.82, 2.24) is 9.13 Å². The van der Waals surface area contributed by atoms with Gasteiger partial charge in [0, 0.05) is 28.8 Å². The van der Waals surface area contributed by atoms with Gasteiger partial charge in [-0.25, -0.2) is 0 Å². The van der Waals surface area contributed by atoms with Crippen molar-refractivity contribution < 1.29 is 4.79 Å². The molecule has 1 N–H and O–H groups in total. The number of para-hydroxylation sites is 1. The molecule has 0 fully saturated rings. The van der Waals surface area contributed by atoms with Crippen LogP contribution in [0.15, 0.2) is 88.4 Å². The van der Waals surface area contributed by atoms with Gasteiger partial charge in [0.05, 0.1) is 5.69 Å². The lowest BCUT2D eigenvalue weighted by atomic mass is 10.2. The first-order valence-corrected chi connectivity index (χ1v) is 9.68. The molecule has 0 saturated heterocycles. The Morgan fingerprint density at radius 1 is 0.893 bits per heavy atom. The SMILES string of the molecule is O=C(Cn1ccc2ccn(Cc3ccccc3)c2c1=O)Nc1ccccc1Br. The van der Waals surface area contributed by atoms with Crippen molar-refractivity contribution in [2.24, 2.45) is 0 Å². The normalized spacial score (nSPS) is 10.9. The van der Waals surface area contributed by atoms with Gasteiger partial charge in [-0.15, -0.1) is 0 Å². The number of anilines is 1. The summed E-state index contributed by atoms with van der Waals surface area (Å²) in [5.74, 6) is -0.255. The molecule has 0 radical (unpaired) electrons. The van der Waals surface area contributed by atoms with Crippen LogP contribution in [0.1, 0.15) is 5.56 Å². The van der Waals surface area contributed by atoms with E-state index >= 15 is 0 Å². The van der Waals surface area contributed by atoms with Crippen LogP contribution in [0.2, 0.25) is 0 Å². The fourth-order valence-corrected chi connectivity index (χ4v) is 3.57. The number of fused-ring (bicyclic) bond motifs is 1. The summed E-state index contributed by atoms with van der Waals surface area (Å²) < 4.78 is 4.16. The molecule has 4 rings (SSSR count). The number of hydrogen-bond acceptors (Lipinski definition) is 2. The largest absolute Gasteiger partial charge is 0.339 e. The second kappa shape index (κ2) is 7.86. The molecule has 1 amide bonds. The molecule has 0 aliphatic carbocycles. The number of nitrogens with zero attached hydrogens (tertiary/aromatic N) is 2. The smallest absolute Gasteiger partial charge is 0.275 e. The molecule has 28 heavy (non-hydrogen) atoms. The summed E-state index contributed by atoms with van der Waals surface area (Å²) in [5, 5.41) is 3.69. The molecule has 0 aliphatic heterocycles. The van der Waals surface area contributed by atoms with Gasteiger partial charge in [0.1, 0.15) is 12.1 Å².